The van der Waals surface area contributed by atoms with Gasteiger partial charge < -0.3 is 5.32 Å². The summed E-state index contributed by atoms with van der Waals surface area (Å²) in [6, 6.07) is 4.02. The van der Waals surface area contributed by atoms with Crippen molar-refractivity contribution in [3.05, 3.63) is 24.5 Å². The van der Waals surface area contributed by atoms with E-state index in [2.05, 4.69) is 10.3 Å². The van der Waals surface area contributed by atoms with E-state index in [9.17, 15) is 0 Å². The van der Waals surface area contributed by atoms with Gasteiger partial charge in [-0.3, -0.25) is 4.98 Å². The van der Waals surface area contributed by atoms with Crippen molar-refractivity contribution in [2.75, 3.05) is 17.7 Å². The lowest BCUT2D eigenvalue weighted by Gasteiger charge is -2.30. The second-order valence-electron chi connectivity index (χ2n) is 4.58. The zero-order valence-electron chi connectivity index (χ0n) is 9.53. The fraction of sp³-hybridized carbons (Fsp3) is 0.615. The van der Waals surface area contributed by atoms with Crippen LogP contribution in [-0.2, 0) is 0 Å². The summed E-state index contributed by atoms with van der Waals surface area (Å²) < 4.78 is 0. The Morgan fingerprint density at radius 2 is 1.88 bits per heavy atom. The third-order valence-corrected chi connectivity index (χ3v) is 3.91. The van der Waals surface area contributed by atoms with E-state index < -0.39 is 0 Å². The molecule has 0 radical (unpaired) electrons. The van der Waals surface area contributed by atoms with Gasteiger partial charge in [-0.05, 0) is 36.8 Å². The number of nitrogens with zero attached hydrogens (tertiary/aromatic N) is 1. The molecule has 0 aliphatic heterocycles. The smallest absolute Gasteiger partial charge is 0.0371 e. The van der Waals surface area contributed by atoms with E-state index in [1.165, 1.54) is 25.7 Å². The molecule has 1 aromatic heterocycles. The Hall–Kier alpha value is -0.760. The Kier molecular flexibility index (Phi) is 4.46. The van der Waals surface area contributed by atoms with Crippen molar-refractivity contribution < 1.29 is 0 Å². The maximum absolute atomic E-state index is 6.02. The Bertz CT molecular complexity index is 302. The van der Waals surface area contributed by atoms with E-state index in [0.717, 1.165) is 24.0 Å². The third kappa shape index (κ3) is 3.11. The Balaban J connectivity index is 1.84. The van der Waals surface area contributed by atoms with Crippen molar-refractivity contribution in [3.8, 4) is 0 Å². The molecule has 3 heteroatoms. The minimum absolute atomic E-state index is 0.699. The van der Waals surface area contributed by atoms with Crippen molar-refractivity contribution in [1.29, 1.82) is 0 Å². The zero-order chi connectivity index (χ0) is 11.2. The van der Waals surface area contributed by atoms with Crippen LogP contribution in [-0.4, -0.2) is 17.4 Å². The average Bonchev–Trinajstić information content (AvgIpc) is 2.38. The highest BCUT2D eigenvalue weighted by Gasteiger charge is 2.23. The van der Waals surface area contributed by atoms with Crippen molar-refractivity contribution in [2.45, 2.75) is 25.7 Å². The SMILES string of the molecule is ClCC1CCCCC1CNc1ccncc1. The van der Waals surface area contributed by atoms with E-state index in [1.54, 1.807) is 0 Å². The number of nitrogens with one attached hydrogen (secondary N) is 1. The van der Waals surface area contributed by atoms with Crippen molar-refractivity contribution in [2.24, 2.45) is 11.8 Å². The van der Waals surface area contributed by atoms with E-state index in [1.807, 2.05) is 24.5 Å². The molecular weight excluding hydrogens is 220 g/mol. The number of aromatic nitrogens is 1. The summed E-state index contributed by atoms with van der Waals surface area (Å²) in [6.45, 7) is 1.04. The average molecular weight is 239 g/mol. The number of hydrogen-bond donors (Lipinski definition) is 1. The summed E-state index contributed by atoms with van der Waals surface area (Å²) in [5.41, 5.74) is 1.16. The van der Waals surface area contributed by atoms with Crippen LogP contribution in [0.15, 0.2) is 24.5 Å². The van der Waals surface area contributed by atoms with Crippen LogP contribution in [0, 0.1) is 11.8 Å². The molecule has 2 rings (SSSR count). The van der Waals surface area contributed by atoms with Crippen LogP contribution in [0.5, 0.6) is 0 Å². The van der Waals surface area contributed by atoms with Gasteiger partial charge in [0.05, 0.1) is 0 Å². The first-order valence-electron chi connectivity index (χ1n) is 6.10. The number of alkyl halides is 1. The molecule has 1 N–H and O–H groups in total. The molecule has 2 atom stereocenters. The minimum atomic E-state index is 0.699. The molecule has 1 aliphatic rings. The highest BCUT2D eigenvalue weighted by Crippen LogP contribution is 2.30. The number of pyridine rings is 1. The van der Waals surface area contributed by atoms with Gasteiger partial charge in [-0.1, -0.05) is 12.8 Å². The van der Waals surface area contributed by atoms with Gasteiger partial charge >= 0.3 is 0 Å². The molecule has 1 aliphatic carbocycles. The molecule has 0 aromatic carbocycles. The molecular formula is C13H19ClN2. The number of halogens is 1. The molecule has 1 aromatic rings. The maximum Gasteiger partial charge on any atom is 0.0371 e. The van der Waals surface area contributed by atoms with Gasteiger partial charge in [0.2, 0.25) is 0 Å². The van der Waals surface area contributed by atoms with Gasteiger partial charge in [0.15, 0.2) is 0 Å². The van der Waals surface area contributed by atoms with Gasteiger partial charge in [-0.2, -0.15) is 0 Å². The summed E-state index contributed by atoms with van der Waals surface area (Å²) in [5.74, 6) is 2.24. The molecule has 1 heterocycles. The standard InChI is InChI=1S/C13H19ClN2/c14-9-11-3-1-2-4-12(11)10-16-13-5-7-15-8-6-13/h5-8,11-12H,1-4,9-10H2,(H,15,16). The van der Waals surface area contributed by atoms with Crippen molar-refractivity contribution >= 4 is 17.3 Å². The van der Waals surface area contributed by atoms with Crippen LogP contribution in [0.4, 0.5) is 5.69 Å². The van der Waals surface area contributed by atoms with Crippen LogP contribution >= 0.6 is 11.6 Å². The molecule has 0 spiro atoms. The lowest BCUT2D eigenvalue weighted by molar-refractivity contribution is 0.272. The molecule has 1 fully saturated rings. The van der Waals surface area contributed by atoms with Gasteiger partial charge in [0.1, 0.15) is 0 Å². The third-order valence-electron chi connectivity index (χ3n) is 3.51. The van der Waals surface area contributed by atoms with Gasteiger partial charge in [-0.25, -0.2) is 0 Å². The van der Waals surface area contributed by atoms with Crippen LogP contribution in [0.1, 0.15) is 25.7 Å². The summed E-state index contributed by atoms with van der Waals surface area (Å²) >= 11 is 6.02. The normalized spacial score (nSPS) is 25.3. The Labute approximate surface area is 102 Å². The summed E-state index contributed by atoms with van der Waals surface area (Å²) in [5, 5.41) is 3.48. The predicted octanol–water partition coefficient (Wildman–Crippen LogP) is 3.54. The number of rotatable bonds is 4. The summed E-state index contributed by atoms with van der Waals surface area (Å²) in [4.78, 5) is 4.01. The van der Waals surface area contributed by atoms with Crippen molar-refractivity contribution in [3.63, 3.8) is 0 Å². The topological polar surface area (TPSA) is 24.9 Å². The lowest BCUT2D eigenvalue weighted by atomic mass is 9.80. The van der Waals surface area contributed by atoms with Gasteiger partial charge in [0.25, 0.3) is 0 Å². The first-order chi connectivity index (χ1) is 7.90. The quantitative estimate of drug-likeness (QED) is 0.812. The highest BCUT2D eigenvalue weighted by atomic mass is 35.5. The minimum Gasteiger partial charge on any atom is -0.385 e. The largest absolute Gasteiger partial charge is 0.385 e. The van der Waals surface area contributed by atoms with Crippen LogP contribution < -0.4 is 5.32 Å². The molecule has 0 amide bonds. The van der Waals surface area contributed by atoms with E-state index >= 15 is 0 Å². The molecule has 0 saturated heterocycles. The molecule has 88 valence electrons. The molecule has 1 saturated carbocycles. The fourth-order valence-electron chi connectivity index (χ4n) is 2.48. The molecule has 16 heavy (non-hydrogen) atoms. The van der Waals surface area contributed by atoms with E-state index in [-0.39, 0.29) is 0 Å². The highest BCUT2D eigenvalue weighted by molar-refractivity contribution is 6.18. The molecule has 2 unspecified atom stereocenters. The van der Waals surface area contributed by atoms with Crippen molar-refractivity contribution in [1.82, 2.24) is 4.98 Å². The van der Waals surface area contributed by atoms with Gasteiger partial charge in [0, 0.05) is 30.5 Å². The second-order valence-corrected chi connectivity index (χ2v) is 4.88. The number of hydrogen-bond acceptors (Lipinski definition) is 2. The monoisotopic (exact) mass is 238 g/mol. The van der Waals surface area contributed by atoms with E-state index in [4.69, 9.17) is 11.6 Å². The van der Waals surface area contributed by atoms with Crippen LogP contribution in [0.25, 0.3) is 0 Å². The van der Waals surface area contributed by atoms with Gasteiger partial charge in [-0.15, -0.1) is 11.6 Å². The first kappa shape index (κ1) is 11.7. The van der Waals surface area contributed by atoms with Crippen LogP contribution in [0.3, 0.4) is 0 Å². The number of anilines is 1. The van der Waals surface area contributed by atoms with Crippen LogP contribution in [0.2, 0.25) is 0 Å². The molecule has 2 nitrogen and oxygen atoms in total. The fourth-order valence-corrected chi connectivity index (χ4v) is 2.88. The Morgan fingerprint density at radius 1 is 1.19 bits per heavy atom. The predicted molar refractivity (Wildman–Crippen MR) is 68.9 cm³/mol. The second kappa shape index (κ2) is 6.09. The van der Waals surface area contributed by atoms with E-state index in [0.29, 0.717) is 5.92 Å². The Morgan fingerprint density at radius 3 is 2.56 bits per heavy atom. The summed E-state index contributed by atoms with van der Waals surface area (Å²) in [7, 11) is 0. The summed E-state index contributed by atoms with van der Waals surface area (Å²) in [6.07, 6.45) is 8.96. The maximum atomic E-state index is 6.02. The zero-order valence-corrected chi connectivity index (χ0v) is 10.3. The first-order valence-corrected chi connectivity index (χ1v) is 6.63. The lowest BCUT2D eigenvalue weighted by Crippen LogP contribution is -2.27. The molecule has 0 bridgehead atoms.